The van der Waals surface area contributed by atoms with Crippen molar-refractivity contribution in [1.29, 1.82) is 0 Å². The Bertz CT molecular complexity index is 1730. The normalized spacial score (nSPS) is 17.2. The molecule has 1 unspecified atom stereocenters. The number of aliphatic hydroxyl groups is 1. The van der Waals surface area contributed by atoms with E-state index < -0.39 is 17.7 Å². The van der Waals surface area contributed by atoms with Gasteiger partial charge in [-0.3, -0.25) is 9.59 Å². The van der Waals surface area contributed by atoms with Gasteiger partial charge in [0, 0.05) is 34.3 Å². The number of hydrogen-bond donors (Lipinski definition) is 2. The Kier molecular flexibility index (Phi) is 5.37. The van der Waals surface area contributed by atoms with E-state index in [1.807, 2.05) is 67.6 Å². The van der Waals surface area contributed by atoms with Gasteiger partial charge >= 0.3 is 0 Å². The lowest BCUT2D eigenvalue weighted by molar-refractivity contribution is -0.140. The van der Waals surface area contributed by atoms with Gasteiger partial charge in [0.25, 0.3) is 11.7 Å². The summed E-state index contributed by atoms with van der Waals surface area (Å²) in [4.78, 5) is 31.9. The van der Waals surface area contributed by atoms with Crippen molar-refractivity contribution in [3.63, 3.8) is 0 Å². The van der Waals surface area contributed by atoms with Crippen molar-refractivity contribution in [3.05, 3.63) is 125 Å². The zero-order chi connectivity index (χ0) is 25.7. The number of ketones is 1. The molecule has 1 amide bonds. The van der Waals surface area contributed by atoms with Crippen LogP contribution in [0.15, 0.2) is 96.6 Å². The van der Waals surface area contributed by atoms with Crippen LogP contribution >= 0.6 is 0 Å². The van der Waals surface area contributed by atoms with E-state index in [4.69, 9.17) is 0 Å². The second kappa shape index (κ2) is 8.75. The fourth-order valence-electron chi connectivity index (χ4n) is 5.36. The molecule has 0 radical (unpaired) electrons. The number of aliphatic hydroxyl groups excluding tert-OH is 1. The molecule has 0 aliphatic carbocycles. The number of aromatic amines is 1. The molecular weight excluding hydrogens is 467 g/mol. The van der Waals surface area contributed by atoms with Crippen LogP contribution in [0.2, 0.25) is 0 Å². The van der Waals surface area contributed by atoms with E-state index in [1.54, 1.807) is 18.2 Å². The number of nitrogens with one attached hydrogen (secondary N) is 1. The number of para-hydroxylation sites is 1. The number of carbonyl (C=O) groups is 2. The van der Waals surface area contributed by atoms with Gasteiger partial charge < -0.3 is 15.0 Å². The molecule has 5 aromatic rings. The number of Topliss-reactive ketones (excluding diaryl/α,β-unsaturated/α-hetero) is 1. The predicted octanol–water partition coefficient (Wildman–Crippen LogP) is 6.39. The van der Waals surface area contributed by atoms with E-state index in [2.05, 4.69) is 4.98 Å². The van der Waals surface area contributed by atoms with Crippen LogP contribution in [0.1, 0.15) is 28.4 Å². The number of H-pyrrole nitrogens is 1. The monoisotopic (exact) mass is 490 g/mol. The summed E-state index contributed by atoms with van der Waals surface area (Å²) in [6.45, 7) is 1.98. The predicted molar refractivity (Wildman–Crippen MR) is 141 cm³/mol. The number of aromatic nitrogens is 1. The zero-order valence-corrected chi connectivity index (χ0v) is 20.0. The molecule has 0 spiro atoms. The highest BCUT2D eigenvalue weighted by Gasteiger charge is 2.47. The van der Waals surface area contributed by atoms with E-state index in [-0.39, 0.29) is 23.7 Å². The van der Waals surface area contributed by atoms with Gasteiger partial charge in [0.1, 0.15) is 11.6 Å². The van der Waals surface area contributed by atoms with Crippen LogP contribution in [0.3, 0.4) is 0 Å². The Hall–Kier alpha value is -4.71. The molecule has 1 atom stereocenters. The largest absolute Gasteiger partial charge is 0.507 e. The lowest BCUT2D eigenvalue weighted by Gasteiger charge is -2.26. The Morgan fingerprint density at radius 2 is 1.57 bits per heavy atom. The number of hydrogen-bond acceptors (Lipinski definition) is 3. The van der Waals surface area contributed by atoms with E-state index in [1.165, 1.54) is 17.0 Å². The fraction of sp³-hybridized carbons (Fsp3) is 0.0968. The standard InChI is InChI=1S/C31H23FN2O3/c1-18-26(24-10-4-5-12-25(24)33-18)28-27(29(35)23-11-6-8-20-7-2-3-9-22(20)23)30(36)31(37)34(28)17-19-13-15-21(32)16-14-19/h2-16,28,33,35H,17H2,1H3/b29-27+. The highest BCUT2D eigenvalue weighted by Crippen LogP contribution is 2.44. The van der Waals surface area contributed by atoms with Gasteiger partial charge in [-0.1, -0.05) is 72.8 Å². The summed E-state index contributed by atoms with van der Waals surface area (Å²) in [5, 5.41) is 14.2. The summed E-state index contributed by atoms with van der Waals surface area (Å²) in [6.07, 6.45) is 0. The third-order valence-corrected chi connectivity index (χ3v) is 7.07. The van der Waals surface area contributed by atoms with Crippen molar-refractivity contribution in [2.75, 3.05) is 0 Å². The summed E-state index contributed by atoms with van der Waals surface area (Å²) >= 11 is 0. The Labute approximate surface area is 212 Å². The van der Waals surface area contributed by atoms with Gasteiger partial charge in [-0.15, -0.1) is 0 Å². The minimum atomic E-state index is -0.833. The van der Waals surface area contributed by atoms with Crippen LogP contribution in [0.5, 0.6) is 0 Å². The molecule has 182 valence electrons. The Morgan fingerprint density at radius 3 is 2.35 bits per heavy atom. The zero-order valence-electron chi connectivity index (χ0n) is 20.0. The summed E-state index contributed by atoms with van der Waals surface area (Å²) in [6, 6.07) is 25.8. The summed E-state index contributed by atoms with van der Waals surface area (Å²) < 4.78 is 13.6. The minimum absolute atomic E-state index is 0.0383. The molecule has 6 heteroatoms. The molecule has 1 fully saturated rings. The molecule has 2 heterocycles. The first-order chi connectivity index (χ1) is 17.9. The van der Waals surface area contributed by atoms with Gasteiger partial charge in [-0.25, -0.2) is 4.39 Å². The minimum Gasteiger partial charge on any atom is -0.507 e. The molecule has 4 aromatic carbocycles. The molecule has 1 saturated heterocycles. The van der Waals surface area contributed by atoms with Crippen molar-refractivity contribution in [1.82, 2.24) is 9.88 Å². The molecule has 0 bridgehead atoms. The van der Waals surface area contributed by atoms with Crippen molar-refractivity contribution in [2.45, 2.75) is 19.5 Å². The van der Waals surface area contributed by atoms with Gasteiger partial charge in [0.2, 0.25) is 0 Å². The summed E-state index contributed by atoms with van der Waals surface area (Å²) in [5.74, 6) is -2.06. The fourth-order valence-corrected chi connectivity index (χ4v) is 5.36. The number of nitrogens with zero attached hydrogens (tertiary/aromatic N) is 1. The van der Waals surface area contributed by atoms with Gasteiger partial charge in [0.15, 0.2) is 0 Å². The van der Waals surface area contributed by atoms with Crippen molar-refractivity contribution < 1.29 is 19.1 Å². The van der Waals surface area contributed by atoms with Crippen LogP contribution in [0, 0.1) is 12.7 Å². The topological polar surface area (TPSA) is 73.4 Å². The number of halogens is 1. The van der Waals surface area contributed by atoms with Crippen molar-refractivity contribution >= 4 is 39.1 Å². The lowest BCUT2D eigenvalue weighted by Crippen LogP contribution is -2.29. The molecule has 1 aliphatic rings. The van der Waals surface area contributed by atoms with E-state index in [0.29, 0.717) is 11.1 Å². The second-order valence-corrected chi connectivity index (χ2v) is 9.29. The van der Waals surface area contributed by atoms with E-state index in [0.717, 1.165) is 32.9 Å². The number of aryl methyl sites for hydroxylation is 1. The van der Waals surface area contributed by atoms with Crippen LogP contribution in [0.4, 0.5) is 4.39 Å². The first-order valence-electron chi connectivity index (χ1n) is 12.0. The molecular formula is C31H23FN2O3. The molecule has 6 rings (SSSR count). The maximum atomic E-state index is 13.6. The van der Waals surface area contributed by atoms with E-state index >= 15 is 0 Å². The molecule has 37 heavy (non-hydrogen) atoms. The van der Waals surface area contributed by atoms with E-state index in [9.17, 15) is 19.1 Å². The first-order valence-corrected chi connectivity index (χ1v) is 12.0. The number of benzene rings is 4. The quantitative estimate of drug-likeness (QED) is 0.174. The van der Waals surface area contributed by atoms with Crippen LogP contribution in [0.25, 0.3) is 27.4 Å². The average Bonchev–Trinajstić information content (AvgIpc) is 3.36. The van der Waals surface area contributed by atoms with Crippen LogP contribution in [-0.2, 0) is 16.1 Å². The van der Waals surface area contributed by atoms with Gasteiger partial charge in [-0.05, 0) is 41.5 Å². The van der Waals surface area contributed by atoms with Crippen LogP contribution < -0.4 is 0 Å². The van der Waals surface area contributed by atoms with Gasteiger partial charge in [-0.2, -0.15) is 0 Å². The first kappa shape index (κ1) is 22.7. The molecule has 0 saturated carbocycles. The van der Waals surface area contributed by atoms with Crippen molar-refractivity contribution in [3.8, 4) is 0 Å². The smallest absolute Gasteiger partial charge is 0.295 e. The third kappa shape index (κ3) is 3.69. The number of fused-ring (bicyclic) bond motifs is 2. The summed E-state index contributed by atoms with van der Waals surface area (Å²) in [7, 11) is 0. The highest BCUT2D eigenvalue weighted by molar-refractivity contribution is 6.46. The third-order valence-electron chi connectivity index (χ3n) is 7.07. The highest BCUT2D eigenvalue weighted by atomic mass is 19.1. The maximum absolute atomic E-state index is 13.6. The SMILES string of the molecule is Cc1[nH]c2ccccc2c1C1/C(=C(\O)c2cccc3ccccc23)C(=O)C(=O)N1Cc1ccc(F)cc1. The number of rotatable bonds is 4. The van der Waals surface area contributed by atoms with Gasteiger partial charge in [0.05, 0.1) is 11.6 Å². The Balaban J connectivity index is 1.61. The Morgan fingerprint density at radius 1 is 0.892 bits per heavy atom. The maximum Gasteiger partial charge on any atom is 0.295 e. The van der Waals surface area contributed by atoms with Crippen LogP contribution in [-0.4, -0.2) is 26.7 Å². The average molecular weight is 491 g/mol. The number of likely N-dealkylation sites (tertiary alicyclic amines) is 1. The number of amides is 1. The van der Waals surface area contributed by atoms with Crippen molar-refractivity contribution in [2.24, 2.45) is 0 Å². The summed E-state index contributed by atoms with van der Waals surface area (Å²) in [5.41, 5.74) is 3.61. The lowest BCUT2D eigenvalue weighted by atomic mass is 9.92. The molecule has 1 aromatic heterocycles. The second-order valence-electron chi connectivity index (χ2n) is 9.29. The molecule has 5 nitrogen and oxygen atoms in total. The number of carbonyl (C=O) groups excluding carboxylic acids is 2. The molecule has 1 aliphatic heterocycles. The molecule has 2 N–H and O–H groups in total.